The Morgan fingerprint density at radius 2 is 1.74 bits per heavy atom. The smallest absolute Gasteiger partial charge is 0.451 e. The lowest BCUT2D eigenvalue weighted by Crippen LogP contribution is -2.10. The first kappa shape index (κ1) is 12.8. The van der Waals surface area contributed by atoms with E-state index in [4.69, 9.17) is 10.00 Å². The molecule has 2 aromatic rings. The molecule has 1 aromatic heterocycles. The zero-order valence-electron chi connectivity index (χ0n) is 9.35. The summed E-state index contributed by atoms with van der Waals surface area (Å²) in [6.07, 6.45) is -2.78. The fourth-order valence-electron chi connectivity index (χ4n) is 1.29. The highest BCUT2D eigenvalue weighted by atomic mass is 19.4. The highest BCUT2D eigenvalue weighted by Crippen LogP contribution is 2.28. The third-order valence-electron chi connectivity index (χ3n) is 2.12. The molecular formula is C12H6F3N3O. The van der Waals surface area contributed by atoms with Crippen LogP contribution in [0.5, 0.6) is 11.5 Å². The van der Waals surface area contributed by atoms with Gasteiger partial charge in [0.25, 0.3) is 0 Å². The minimum absolute atomic E-state index is 0.0238. The van der Waals surface area contributed by atoms with Crippen molar-refractivity contribution < 1.29 is 17.9 Å². The van der Waals surface area contributed by atoms with Crippen molar-refractivity contribution in [3.05, 3.63) is 48.0 Å². The summed E-state index contributed by atoms with van der Waals surface area (Å²) in [4.78, 5) is 6.32. The van der Waals surface area contributed by atoms with E-state index in [0.717, 1.165) is 12.4 Å². The number of alkyl halides is 3. The zero-order valence-corrected chi connectivity index (χ0v) is 9.35. The summed E-state index contributed by atoms with van der Waals surface area (Å²) in [5, 5.41) is 8.84. The monoisotopic (exact) mass is 265 g/mol. The lowest BCUT2D eigenvalue weighted by atomic mass is 10.2. The van der Waals surface area contributed by atoms with Crippen LogP contribution in [0.3, 0.4) is 0 Å². The second-order valence-corrected chi connectivity index (χ2v) is 3.45. The van der Waals surface area contributed by atoms with Crippen LogP contribution in [0.25, 0.3) is 0 Å². The zero-order chi connectivity index (χ0) is 13.9. The molecule has 1 aromatic carbocycles. The van der Waals surface area contributed by atoms with Crippen molar-refractivity contribution >= 4 is 0 Å². The van der Waals surface area contributed by atoms with Crippen molar-refractivity contribution in [2.45, 2.75) is 6.18 Å². The Morgan fingerprint density at radius 3 is 2.32 bits per heavy atom. The lowest BCUT2D eigenvalue weighted by molar-refractivity contribution is -0.145. The first-order valence-electron chi connectivity index (χ1n) is 5.07. The highest BCUT2D eigenvalue weighted by Gasteiger charge is 2.34. The topological polar surface area (TPSA) is 58.8 Å². The van der Waals surface area contributed by atoms with Crippen LogP contribution in [0, 0.1) is 11.3 Å². The third-order valence-corrected chi connectivity index (χ3v) is 2.12. The summed E-state index contributed by atoms with van der Waals surface area (Å²) in [5.74, 6) is -0.988. The fraction of sp³-hybridized carbons (Fsp3) is 0.0833. The summed E-state index contributed by atoms with van der Waals surface area (Å²) in [6.45, 7) is 0. The quantitative estimate of drug-likeness (QED) is 0.836. The van der Waals surface area contributed by atoms with Gasteiger partial charge in [-0.15, -0.1) is 0 Å². The number of nitriles is 1. The van der Waals surface area contributed by atoms with Gasteiger partial charge in [-0.2, -0.15) is 18.4 Å². The molecule has 0 atom stereocenters. The van der Waals surface area contributed by atoms with Gasteiger partial charge in [-0.05, 0) is 12.1 Å². The van der Waals surface area contributed by atoms with Crippen LogP contribution in [-0.2, 0) is 6.18 Å². The first-order valence-corrected chi connectivity index (χ1v) is 5.07. The van der Waals surface area contributed by atoms with Crippen molar-refractivity contribution in [3.8, 4) is 17.6 Å². The van der Waals surface area contributed by atoms with Crippen LogP contribution >= 0.6 is 0 Å². The molecule has 0 N–H and O–H groups in total. The fourth-order valence-corrected chi connectivity index (χ4v) is 1.29. The average molecular weight is 265 g/mol. The molecule has 0 radical (unpaired) electrons. The van der Waals surface area contributed by atoms with Crippen molar-refractivity contribution in [2.75, 3.05) is 0 Å². The molecule has 0 aliphatic heterocycles. The number of halogens is 3. The summed E-state index contributed by atoms with van der Waals surface area (Å²) in [7, 11) is 0. The predicted octanol–water partition coefficient (Wildman–Crippen LogP) is 3.16. The molecule has 0 saturated carbocycles. The van der Waals surface area contributed by atoms with Crippen LogP contribution in [0.15, 0.2) is 36.7 Å². The van der Waals surface area contributed by atoms with Crippen molar-refractivity contribution in [2.24, 2.45) is 0 Å². The molecule has 0 fully saturated rings. The summed E-state index contributed by atoms with van der Waals surface area (Å²) >= 11 is 0. The number of ether oxygens (including phenoxy) is 1. The number of nitrogens with zero attached hydrogens (tertiary/aromatic N) is 3. The van der Waals surface area contributed by atoms with E-state index < -0.39 is 12.0 Å². The maximum atomic E-state index is 12.3. The largest absolute Gasteiger partial charge is 0.453 e. The van der Waals surface area contributed by atoms with Crippen molar-refractivity contribution in [3.63, 3.8) is 0 Å². The summed E-state index contributed by atoms with van der Waals surface area (Å²) in [6, 6.07) is 8.25. The number of para-hydroxylation sites is 1. The summed E-state index contributed by atoms with van der Waals surface area (Å²) < 4.78 is 42.0. The minimum atomic E-state index is -4.59. The Kier molecular flexibility index (Phi) is 3.33. The molecule has 1 heterocycles. The molecule has 19 heavy (non-hydrogen) atoms. The van der Waals surface area contributed by atoms with E-state index in [2.05, 4.69) is 9.97 Å². The lowest BCUT2D eigenvalue weighted by Gasteiger charge is -2.08. The number of benzene rings is 1. The van der Waals surface area contributed by atoms with Gasteiger partial charge in [0.2, 0.25) is 5.82 Å². The first-order chi connectivity index (χ1) is 9.00. The van der Waals surface area contributed by atoms with Gasteiger partial charge in [0, 0.05) is 0 Å². The van der Waals surface area contributed by atoms with Crippen LogP contribution < -0.4 is 4.74 Å². The molecule has 0 bridgehead atoms. The number of hydrogen-bond donors (Lipinski definition) is 0. The second-order valence-electron chi connectivity index (χ2n) is 3.45. The molecule has 0 aliphatic rings. The molecule has 0 amide bonds. The second kappa shape index (κ2) is 4.94. The molecule has 0 saturated heterocycles. The van der Waals surface area contributed by atoms with E-state index in [-0.39, 0.29) is 17.1 Å². The Bertz CT molecular complexity index is 617. The van der Waals surface area contributed by atoms with Crippen molar-refractivity contribution in [1.82, 2.24) is 9.97 Å². The van der Waals surface area contributed by atoms with Gasteiger partial charge in [-0.1, -0.05) is 12.1 Å². The maximum absolute atomic E-state index is 12.3. The molecule has 0 unspecified atom stereocenters. The molecule has 0 aliphatic carbocycles. The van der Waals surface area contributed by atoms with E-state index >= 15 is 0 Å². The molecule has 96 valence electrons. The SMILES string of the molecule is N#Cc1ccccc1Oc1cnc(C(F)(F)F)nc1. The summed E-state index contributed by atoms with van der Waals surface area (Å²) in [5.41, 5.74) is 0.266. The van der Waals surface area contributed by atoms with Gasteiger partial charge in [0.1, 0.15) is 11.8 Å². The molecule has 7 heteroatoms. The van der Waals surface area contributed by atoms with E-state index in [1.165, 1.54) is 12.1 Å². The van der Waals surface area contributed by atoms with Gasteiger partial charge in [0.05, 0.1) is 18.0 Å². The van der Waals surface area contributed by atoms with E-state index in [1.54, 1.807) is 12.1 Å². The Morgan fingerprint density at radius 1 is 1.11 bits per heavy atom. The number of rotatable bonds is 2. The van der Waals surface area contributed by atoms with Crippen LogP contribution in [0.4, 0.5) is 13.2 Å². The van der Waals surface area contributed by atoms with Gasteiger partial charge in [-0.25, -0.2) is 9.97 Å². The van der Waals surface area contributed by atoms with Crippen molar-refractivity contribution in [1.29, 1.82) is 5.26 Å². The Hall–Kier alpha value is -2.62. The van der Waals surface area contributed by atoms with E-state index in [1.807, 2.05) is 6.07 Å². The predicted molar refractivity (Wildman–Crippen MR) is 58.3 cm³/mol. The van der Waals surface area contributed by atoms with Crippen LogP contribution in [-0.4, -0.2) is 9.97 Å². The molecule has 0 spiro atoms. The minimum Gasteiger partial charge on any atom is -0.453 e. The van der Waals surface area contributed by atoms with Gasteiger partial charge in [-0.3, -0.25) is 0 Å². The van der Waals surface area contributed by atoms with Crippen LogP contribution in [0.2, 0.25) is 0 Å². The Labute approximate surface area is 106 Å². The standard InChI is InChI=1S/C12H6F3N3O/c13-12(14,15)11-17-6-9(7-18-11)19-10-4-2-1-3-8(10)5-16/h1-4,6-7H. The van der Waals surface area contributed by atoms with E-state index in [0.29, 0.717) is 0 Å². The van der Waals surface area contributed by atoms with Gasteiger partial charge >= 0.3 is 6.18 Å². The van der Waals surface area contributed by atoms with E-state index in [9.17, 15) is 13.2 Å². The molecule has 4 nitrogen and oxygen atoms in total. The normalized spacial score (nSPS) is 10.8. The highest BCUT2D eigenvalue weighted by molar-refractivity contribution is 5.44. The number of aromatic nitrogens is 2. The molecular weight excluding hydrogens is 259 g/mol. The average Bonchev–Trinajstić information content (AvgIpc) is 2.39. The maximum Gasteiger partial charge on any atom is 0.451 e. The third kappa shape index (κ3) is 2.98. The van der Waals surface area contributed by atoms with Crippen LogP contribution in [0.1, 0.15) is 11.4 Å². The van der Waals surface area contributed by atoms with Gasteiger partial charge in [0.15, 0.2) is 5.75 Å². The van der Waals surface area contributed by atoms with Gasteiger partial charge < -0.3 is 4.74 Å². The Balaban J connectivity index is 2.23. The molecule has 2 rings (SSSR count). The number of hydrogen-bond acceptors (Lipinski definition) is 4.